The van der Waals surface area contributed by atoms with Gasteiger partial charge < -0.3 is 16.0 Å². The van der Waals surface area contributed by atoms with Crippen LogP contribution in [-0.2, 0) is 0 Å². The summed E-state index contributed by atoms with van der Waals surface area (Å²) in [6.45, 7) is 3.43. The summed E-state index contributed by atoms with van der Waals surface area (Å²) in [5, 5.41) is 4.26. The molecule has 0 bridgehead atoms. The van der Waals surface area contributed by atoms with Crippen LogP contribution in [0.3, 0.4) is 0 Å². The first-order chi connectivity index (χ1) is 8.58. The van der Waals surface area contributed by atoms with Crippen molar-refractivity contribution in [1.29, 1.82) is 0 Å². The van der Waals surface area contributed by atoms with Crippen molar-refractivity contribution in [2.24, 2.45) is 5.73 Å². The highest BCUT2D eigenvalue weighted by Crippen LogP contribution is 2.25. The van der Waals surface area contributed by atoms with Gasteiger partial charge in [-0.3, -0.25) is 0 Å². The molecule has 1 fully saturated rings. The number of primary amides is 1. The molecule has 3 N–H and O–H groups in total. The van der Waals surface area contributed by atoms with Crippen molar-refractivity contribution in [2.75, 3.05) is 18.4 Å². The molecule has 5 heteroatoms. The number of anilines is 1. The van der Waals surface area contributed by atoms with Crippen LogP contribution in [0.1, 0.15) is 18.4 Å². The van der Waals surface area contributed by atoms with E-state index in [2.05, 4.69) is 5.32 Å². The molecule has 0 aliphatic carbocycles. The summed E-state index contributed by atoms with van der Waals surface area (Å²) in [7, 11) is 0. The predicted molar refractivity (Wildman–Crippen MR) is 74.0 cm³/mol. The van der Waals surface area contributed by atoms with Crippen LogP contribution in [0, 0.1) is 6.92 Å². The Labute approximate surface area is 112 Å². The molecule has 0 unspecified atom stereocenters. The highest BCUT2D eigenvalue weighted by molar-refractivity contribution is 6.31. The van der Waals surface area contributed by atoms with E-state index in [-0.39, 0.29) is 6.03 Å². The van der Waals surface area contributed by atoms with Crippen LogP contribution in [-0.4, -0.2) is 30.1 Å². The summed E-state index contributed by atoms with van der Waals surface area (Å²) in [4.78, 5) is 12.7. The maximum Gasteiger partial charge on any atom is 0.314 e. The summed E-state index contributed by atoms with van der Waals surface area (Å²) in [6, 6.07) is 5.90. The van der Waals surface area contributed by atoms with Gasteiger partial charge in [0.15, 0.2) is 0 Å². The maximum absolute atomic E-state index is 11.0. The predicted octanol–water partition coefficient (Wildman–Crippen LogP) is 2.60. The topological polar surface area (TPSA) is 58.4 Å². The Hall–Kier alpha value is -1.42. The molecule has 0 saturated carbocycles. The number of benzene rings is 1. The summed E-state index contributed by atoms with van der Waals surface area (Å²) >= 11 is 6.09. The van der Waals surface area contributed by atoms with Crippen molar-refractivity contribution in [3.05, 3.63) is 28.8 Å². The number of amides is 2. The number of nitrogens with one attached hydrogen (secondary N) is 1. The number of likely N-dealkylation sites (tertiary alicyclic amines) is 1. The number of halogens is 1. The molecule has 1 aromatic rings. The zero-order valence-electron chi connectivity index (χ0n) is 10.4. The van der Waals surface area contributed by atoms with Crippen molar-refractivity contribution >= 4 is 23.3 Å². The van der Waals surface area contributed by atoms with Gasteiger partial charge >= 0.3 is 6.03 Å². The Kier molecular flexibility index (Phi) is 3.97. The van der Waals surface area contributed by atoms with Crippen LogP contribution in [0.25, 0.3) is 0 Å². The molecule has 1 heterocycles. The number of urea groups is 1. The highest BCUT2D eigenvalue weighted by Gasteiger charge is 2.21. The Morgan fingerprint density at radius 1 is 1.44 bits per heavy atom. The van der Waals surface area contributed by atoms with E-state index in [1.807, 2.05) is 25.1 Å². The van der Waals surface area contributed by atoms with Gasteiger partial charge in [0.2, 0.25) is 0 Å². The highest BCUT2D eigenvalue weighted by atomic mass is 35.5. The number of nitrogens with two attached hydrogens (primary N) is 1. The molecule has 0 atom stereocenters. The van der Waals surface area contributed by atoms with Gasteiger partial charge in [0, 0.05) is 29.8 Å². The third kappa shape index (κ3) is 2.88. The number of piperidine rings is 1. The Balaban J connectivity index is 1.96. The van der Waals surface area contributed by atoms with Crippen LogP contribution in [0.4, 0.5) is 10.5 Å². The van der Waals surface area contributed by atoms with Gasteiger partial charge in [-0.05, 0) is 37.5 Å². The number of nitrogens with zero attached hydrogens (tertiary/aromatic N) is 1. The van der Waals surface area contributed by atoms with Crippen molar-refractivity contribution in [3.63, 3.8) is 0 Å². The second kappa shape index (κ2) is 5.48. The lowest BCUT2D eigenvalue weighted by Crippen LogP contribution is -2.44. The fourth-order valence-corrected chi connectivity index (χ4v) is 2.40. The SMILES string of the molecule is Cc1c(Cl)cccc1NC1CCN(C(N)=O)CC1. The second-order valence-electron chi connectivity index (χ2n) is 4.66. The van der Waals surface area contributed by atoms with E-state index in [0.717, 1.165) is 29.1 Å². The monoisotopic (exact) mass is 267 g/mol. The van der Waals surface area contributed by atoms with Gasteiger partial charge in [-0.15, -0.1) is 0 Å². The molecule has 2 rings (SSSR count). The van der Waals surface area contributed by atoms with E-state index < -0.39 is 0 Å². The number of rotatable bonds is 2. The molecule has 0 aromatic heterocycles. The summed E-state index contributed by atoms with van der Waals surface area (Å²) < 4.78 is 0. The van der Waals surface area contributed by atoms with Crippen molar-refractivity contribution < 1.29 is 4.79 Å². The third-order valence-electron chi connectivity index (χ3n) is 3.43. The number of carbonyl (C=O) groups is 1. The fraction of sp³-hybridized carbons (Fsp3) is 0.462. The van der Waals surface area contributed by atoms with Gasteiger partial charge in [0.25, 0.3) is 0 Å². The molecule has 0 spiro atoms. The quantitative estimate of drug-likeness (QED) is 0.865. The summed E-state index contributed by atoms with van der Waals surface area (Å²) in [5.74, 6) is 0. The lowest BCUT2D eigenvalue weighted by Gasteiger charge is -2.32. The minimum absolute atomic E-state index is 0.326. The van der Waals surface area contributed by atoms with E-state index in [9.17, 15) is 4.79 Å². The molecule has 2 amide bonds. The molecule has 4 nitrogen and oxygen atoms in total. The molecule has 1 saturated heterocycles. The lowest BCUT2D eigenvalue weighted by atomic mass is 10.0. The van der Waals surface area contributed by atoms with Gasteiger partial charge in [-0.2, -0.15) is 0 Å². The summed E-state index contributed by atoms with van der Waals surface area (Å²) in [5.41, 5.74) is 7.39. The van der Waals surface area contributed by atoms with Gasteiger partial charge in [-0.25, -0.2) is 4.79 Å². The van der Waals surface area contributed by atoms with E-state index in [1.165, 1.54) is 0 Å². The standard InChI is InChI=1S/C13H18ClN3O/c1-9-11(14)3-2-4-12(9)16-10-5-7-17(8-6-10)13(15)18/h2-4,10,16H,5-8H2,1H3,(H2,15,18). The molecule has 18 heavy (non-hydrogen) atoms. The molecule has 1 aliphatic heterocycles. The van der Waals surface area contributed by atoms with E-state index in [0.29, 0.717) is 19.1 Å². The molecule has 1 aliphatic rings. The Morgan fingerprint density at radius 3 is 2.72 bits per heavy atom. The fourth-order valence-electron chi connectivity index (χ4n) is 2.23. The van der Waals surface area contributed by atoms with Gasteiger partial charge in [-0.1, -0.05) is 17.7 Å². The van der Waals surface area contributed by atoms with Crippen LogP contribution in [0.15, 0.2) is 18.2 Å². The zero-order chi connectivity index (χ0) is 13.1. The largest absolute Gasteiger partial charge is 0.382 e. The minimum Gasteiger partial charge on any atom is -0.382 e. The molecule has 1 aromatic carbocycles. The van der Waals surface area contributed by atoms with Crippen LogP contribution in [0.2, 0.25) is 5.02 Å². The molecular weight excluding hydrogens is 250 g/mol. The Morgan fingerprint density at radius 2 is 2.11 bits per heavy atom. The third-order valence-corrected chi connectivity index (χ3v) is 3.84. The van der Waals surface area contributed by atoms with Crippen LogP contribution >= 0.6 is 11.6 Å². The first-order valence-electron chi connectivity index (χ1n) is 6.14. The average molecular weight is 268 g/mol. The Bertz CT molecular complexity index is 442. The van der Waals surface area contributed by atoms with E-state index in [1.54, 1.807) is 4.90 Å². The first kappa shape index (κ1) is 13.0. The second-order valence-corrected chi connectivity index (χ2v) is 5.06. The number of hydrogen-bond donors (Lipinski definition) is 2. The van der Waals surface area contributed by atoms with Gasteiger partial charge in [0.1, 0.15) is 0 Å². The molecule has 0 radical (unpaired) electrons. The zero-order valence-corrected chi connectivity index (χ0v) is 11.2. The summed E-state index contributed by atoms with van der Waals surface area (Å²) in [6.07, 6.45) is 1.82. The van der Waals surface area contributed by atoms with Crippen molar-refractivity contribution in [1.82, 2.24) is 4.90 Å². The van der Waals surface area contributed by atoms with Crippen LogP contribution < -0.4 is 11.1 Å². The minimum atomic E-state index is -0.326. The number of carbonyl (C=O) groups excluding carboxylic acids is 1. The van der Waals surface area contributed by atoms with Gasteiger partial charge in [0.05, 0.1) is 0 Å². The molecule has 98 valence electrons. The smallest absolute Gasteiger partial charge is 0.314 e. The average Bonchev–Trinajstić information content (AvgIpc) is 2.36. The number of hydrogen-bond acceptors (Lipinski definition) is 2. The normalized spacial score (nSPS) is 16.7. The van der Waals surface area contributed by atoms with E-state index >= 15 is 0 Å². The van der Waals surface area contributed by atoms with Crippen molar-refractivity contribution in [3.8, 4) is 0 Å². The van der Waals surface area contributed by atoms with E-state index in [4.69, 9.17) is 17.3 Å². The van der Waals surface area contributed by atoms with Crippen molar-refractivity contribution in [2.45, 2.75) is 25.8 Å². The molecular formula is C13H18ClN3O. The first-order valence-corrected chi connectivity index (χ1v) is 6.51. The van der Waals surface area contributed by atoms with Crippen LogP contribution in [0.5, 0.6) is 0 Å². The maximum atomic E-state index is 11.0. The lowest BCUT2D eigenvalue weighted by molar-refractivity contribution is 0.193.